The molecule has 17 heavy (non-hydrogen) atoms. The number of nitrogens with two attached hydrogens (primary N) is 1. The van der Waals surface area contributed by atoms with E-state index < -0.39 is 0 Å². The van der Waals surface area contributed by atoms with Crippen LogP contribution in [0.5, 0.6) is 0 Å². The number of hydrogen-bond acceptors (Lipinski definition) is 4. The summed E-state index contributed by atoms with van der Waals surface area (Å²) >= 11 is 1.84. The molecule has 0 spiro atoms. The van der Waals surface area contributed by atoms with Crippen LogP contribution < -0.4 is 5.73 Å². The van der Waals surface area contributed by atoms with Gasteiger partial charge in [-0.25, -0.2) is 4.98 Å². The standard InChI is InChI=1S/C13H23N3S/c1-8-5-12(6-14)7-16(8)10(3)13-9(2)15-11(4)17-13/h8,10,12H,5-7,14H2,1-4H3. The molecule has 2 N–H and O–H groups in total. The lowest BCUT2D eigenvalue weighted by Crippen LogP contribution is -2.30. The molecule has 1 aromatic heterocycles. The van der Waals surface area contributed by atoms with Gasteiger partial charge in [0.15, 0.2) is 0 Å². The predicted molar refractivity (Wildman–Crippen MR) is 73.3 cm³/mol. The number of rotatable bonds is 3. The predicted octanol–water partition coefficient (Wildman–Crippen LogP) is 2.49. The van der Waals surface area contributed by atoms with Gasteiger partial charge < -0.3 is 5.73 Å². The summed E-state index contributed by atoms with van der Waals surface area (Å²) in [6.45, 7) is 10.8. The maximum atomic E-state index is 5.79. The Hall–Kier alpha value is -0.450. The van der Waals surface area contributed by atoms with Gasteiger partial charge in [-0.1, -0.05) is 0 Å². The Kier molecular flexibility index (Phi) is 3.85. The van der Waals surface area contributed by atoms with Crippen LogP contribution in [0.2, 0.25) is 0 Å². The fourth-order valence-corrected chi connectivity index (χ4v) is 3.97. The van der Waals surface area contributed by atoms with Crippen molar-refractivity contribution in [1.29, 1.82) is 0 Å². The van der Waals surface area contributed by atoms with Crippen molar-refractivity contribution in [2.24, 2.45) is 11.7 Å². The minimum atomic E-state index is 0.479. The number of thiazole rings is 1. The maximum absolute atomic E-state index is 5.79. The first-order chi connectivity index (χ1) is 8.02. The first kappa shape index (κ1) is 13.0. The summed E-state index contributed by atoms with van der Waals surface area (Å²) < 4.78 is 0. The Morgan fingerprint density at radius 1 is 1.53 bits per heavy atom. The Labute approximate surface area is 108 Å². The third-order valence-electron chi connectivity index (χ3n) is 3.86. The zero-order valence-corrected chi connectivity index (χ0v) is 12.0. The molecule has 4 heteroatoms. The molecule has 3 nitrogen and oxygen atoms in total. The highest BCUT2D eigenvalue weighted by molar-refractivity contribution is 7.11. The Morgan fingerprint density at radius 3 is 2.71 bits per heavy atom. The topological polar surface area (TPSA) is 42.2 Å². The van der Waals surface area contributed by atoms with Gasteiger partial charge in [0, 0.05) is 23.5 Å². The smallest absolute Gasteiger partial charge is 0.0900 e. The second kappa shape index (κ2) is 5.04. The molecule has 1 fully saturated rings. The van der Waals surface area contributed by atoms with E-state index in [-0.39, 0.29) is 0 Å². The Morgan fingerprint density at radius 2 is 2.24 bits per heavy atom. The molecule has 0 bridgehead atoms. The molecule has 1 saturated heterocycles. The second-order valence-corrected chi connectivity index (χ2v) is 6.48. The second-order valence-electron chi connectivity index (χ2n) is 5.24. The molecule has 0 aliphatic carbocycles. The summed E-state index contributed by atoms with van der Waals surface area (Å²) in [4.78, 5) is 8.54. The highest BCUT2D eigenvalue weighted by Gasteiger charge is 2.33. The van der Waals surface area contributed by atoms with E-state index in [1.807, 2.05) is 11.3 Å². The molecular weight excluding hydrogens is 230 g/mol. The molecule has 0 radical (unpaired) electrons. The summed E-state index contributed by atoms with van der Waals surface area (Å²) in [5.74, 6) is 0.668. The van der Waals surface area contributed by atoms with Gasteiger partial charge in [-0.15, -0.1) is 11.3 Å². The molecule has 3 unspecified atom stereocenters. The van der Waals surface area contributed by atoms with E-state index in [2.05, 4.69) is 37.6 Å². The van der Waals surface area contributed by atoms with Gasteiger partial charge in [-0.3, -0.25) is 4.90 Å². The van der Waals surface area contributed by atoms with E-state index >= 15 is 0 Å². The lowest BCUT2D eigenvalue weighted by Gasteiger charge is -2.28. The van der Waals surface area contributed by atoms with Crippen LogP contribution in [0.25, 0.3) is 0 Å². The van der Waals surface area contributed by atoms with Crippen LogP contribution in [0.1, 0.15) is 41.9 Å². The lowest BCUT2D eigenvalue weighted by molar-refractivity contribution is 0.202. The molecule has 1 aliphatic rings. The first-order valence-electron chi connectivity index (χ1n) is 6.42. The maximum Gasteiger partial charge on any atom is 0.0900 e. The summed E-state index contributed by atoms with van der Waals surface area (Å²) in [5.41, 5.74) is 6.99. The van der Waals surface area contributed by atoms with Gasteiger partial charge >= 0.3 is 0 Å². The van der Waals surface area contributed by atoms with Crippen LogP contribution >= 0.6 is 11.3 Å². The number of aryl methyl sites for hydroxylation is 2. The van der Waals surface area contributed by atoms with Crippen LogP contribution in [0.4, 0.5) is 0 Å². The third-order valence-corrected chi connectivity index (χ3v) is 5.10. The quantitative estimate of drug-likeness (QED) is 0.900. The zero-order valence-electron chi connectivity index (χ0n) is 11.2. The van der Waals surface area contributed by atoms with Gasteiger partial charge in [0.05, 0.1) is 10.7 Å². The fraction of sp³-hybridized carbons (Fsp3) is 0.769. The summed E-state index contributed by atoms with van der Waals surface area (Å²) in [5, 5.41) is 1.17. The van der Waals surface area contributed by atoms with Gasteiger partial charge in [0.1, 0.15) is 0 Å². The molecule has 0 saturated carbocycles. The summed E-state index contributed by atoms with van der Waals surface area (Å²) in [6.07, 6.45) is 1.23. The van der Waals surface area contributed by atoms with E-state index in [1.165, 1.54) is 22.0 Å². The zero-order chi connectivity index (χ0) is 12.6. The molecule has 1 aliphatic heterocycles. The molecular formula is C13H23N3S. The molecule has 2 heterocycles. The van der Waals surface area contributed by atoms with E-state index in [9.17, 15) is 0 Å². The number of nitrogens with zero attached hydrogens (tertiary/aromatic N) is 2. The SMILES string of the molecule is Cc1nc(C)c(C(C)N2CC(CN)CC2C)s1. The molecule has 3 atom stereocenters. The van der Waals surface area contributed by atoms with E-state index in [0.717, 1.165) is 13.1 Å². The fourth-order valence-electron chi connectivity index (χ4n) is 2.97. The van der Waals surface area contributed by atoms with Crippen LogP contribution in [0, 0.1) is 19.8 Å². The minimum Gasteiger partial charge on any atom is -0.330 e. The van der Waals surface area contributed by atoms with Crippen molar-refractivity contribution in [2.75, 3.05) is 13.1 Å². The molecule has 1 aromatic rings. The lowest BCUT2D eigenvalue weighted by atomic mass is 10.1. The number of likely N-dealkylation sites (tertiary alicyclic amines) is 1. The highest BCUT2D eigenvalue weighted by Crippen LogP contribution is 2.35. The van der Waals surface area contributed by atoms with Crippen molar-refractivity contribution in [3.63, 3.8) is 0 Å². The van der Waals surface area contributed by atoms with Crippen LogP contribution in [0.15, 0.2) is 0 Å². The average molecular weight is 253 g/mol. The van der Waals surface area contributed by atoms with Crippen molar-refractivity contribution in [3.8, 4) is 0 Å². The van der Waals surface area contributed by atoms with Gasteiger partial charge in [-0.2, -0.15) is 0 Å². The highest BCUT2D eigenvalue weighted by atomic mass is 32.1. The summed E-state index contributed by atoms with van der Waals surface area (Å²) in [7, 11) is 0. The monoisotopic (exact) mass is 253 g/mol. The van der Waals surface area contributed by atoms with E-state index in [1.54, 1.807) is 0 Å². The van der Waals surface area contributed by atoms with Gasteiger partial charge in [0.25, 0.3) is 0 Å². The van der Waals surface area contributed by atoms with Crippen molar-refractivity contribution in [2.45, 2.75) is 46.2 Å². The minimum absolute atomic E-state index is 0.479. The van der Waals surface area contributed by atoms with Crippen molar-refractivity contribution in [1.82, 2.24) is 9.88 Å². The average Bonchev–Trinajstić information content (AvgIpc) is 2.81. The van der Waals surface area contributed by atoms with Crippen molar-refractivity contribution < 1.29 is 0 Å². The Balaban J connectivity index is 2.15. The number of hydrogen-bond donors (Lipinski definition) is 1. The van der Waals surface area contributed by atoms with Crippen LogP contribution in [0.3, 0.4) is 0 Å². The number of aromatic nitrogens is 1. The van der Waals surface area contributed by atoms with Crippen LogP contribution in [-0.4, -0.2) is 29.0 Å². The summed E-state index contributed by atoms with van der Waals surface area (Å²) in [6, 6.07) is 1.12. The van der Waals surface area contributed by atoms with Crippen molar-refractivity contribution in [3.05, 3.63) is 15.6 Å². The van der Waals surface area contributed by atoms with Gasteiger partial charge in [-0.05, 0) is 46.6 Å². The molecule has 2 rings (SSSR count). The largest absolute Gasteiger partial charge is 0.330 e. The first-order valence-corrected chi connectivity index (χ1v) is 7.24. The van der Waals surface area contributed by atoms with Crippen molar-refractivity contribution >= 4 is 11.3 Å². The van der Waals surface area contributed by atoms with Gasteiger partial charge in [0.2, 0.25) is 0 Å². The third kappa shape index (κ3) is 2.54. The normalized spacial score (nSPS) is 27.6. The van der Waals surface area contributed by atoms with E-state index in [0.29, 0.717) is 18.0 Å². The molecule has 0 aromatic carbocycles. The molecule has 0 amide bonds. The molecule has 96 valence electrons. The van der Waals surface area contributed by atoms with Crippen LogP contribution in [-0.2, 0) is 0 Å². The van der Waals surface area contributed by atoms with E-state index in [4.69, 9.17) is 5.73 Å². The Bertz CT molecular complexity index is 388.